The van der Waals surface area contributed by atoms with Gasteiger partial charge < -0.3 is 14.0 Å². The van der Waals surface area contributed by atoms with E-state index in [1.807, 2.05) is 30.5 Å². The topological polar surface area (TPSA) is 86.4 Å². The van der Waals surface area contributed by atoms with Gasteiger partial charge in [0.25, 0.3) is 0 Å². The molecule has 0 aliphatic carbocycles. The molecule has 4 heterocycles. The SMILES string of the molecule is COCCOc1ccc(-c2noc([C@@H]3CCCN3Cc3ccccn3)n2)cn1. The van der Waals surface area contributed by atoms with Crippen molar-refractivity contribution in [2.75, 3.05) is 26.9 Å². The fourth-order valence-corrected chi connectivity index (χ4v) is 3.31. The Morgan fingerprint density at radius 2 is 2.14 bits per heavy atom. The summed E-state index contributed by atoms with van der Waals surface area (Å²) in [6.07, 6.45) is 5.61. The van der Waals surface area contributed by atoms with Gasteiger partial charge in [-0.2, -0.15) is 4.98 Å². The van der Waals surface area contributed by atoms with Crippen LogP contribution in [0.15, 0.2) is 47.2 Å². The summed E-state index contributed by atoms with van der Waals surface area (Å²) in [4.78, 5) is 15.7. The molecule has 0 radical (unpaired) electrons. The molecule has 0 aromatic carbocycles. The molecule has 1 saturated heterocycles. The summed E-state index contributed by atoms with van der Waals surface area (Å²) >= 11 is 0. The number of nitrogens with zero attached hydrogens (tertiary/aromatic N) is 5. The molecule has 4 rings (SSSR count). The van der Waals surface area contributed by atoms with E-state index < -0.39 is 0 Å². The molecular formula is C20H23N5O3. The van der Waals surface area contributed by atoms with E-state index in [1.54, 1.807) is 19.4 Å². The first-order valence-corrected chi connectivity index (χ1v) is 9.39. The van der Waals surface area contributed by atoms with Gasteiger partial charge in [-0.25, -0.2) is 4.98 Å². The number of likely N-dealkylation sites (tertiary alicyclic amines) is 1. The standard InChI is InChI=1S/C20H23N5O3/c1-26-11-12-27-18-8-7-15(13-22-18)19-23-20(28-24-19)17-6-4-10-25(17)14-16-5-2-3-9-21-16/h2-3,5,7-9,13,17H,4,6,10-12,14H2,1H3/t17-/m0/s1. The molecule has 1 fully saturated rings. The van der Waals surface area contributed by atoms with Gasteiger partial charge in [-0.3, -0.25) is 9.88 Å². The Morgan fingerprint density at radius 3 is 2.93 bits per heavy atom. The van der Waals surface area contributed by atoms with Crippen LogP contribution >= 0.6 is 0 Å². The van der Waals surface area contributed by atoms with Crippen molar-refractivity contribution in [1.29, 1.82) is 0 Å². The van der Waals surface area contributed by atoms with E-state index in [9.17, 15) is 0 Å². The highest BCUT2D eigenvalue weighted by Gasteiger charge is 2.31. The lowest BCUT2D eigenvalue weighted by Crippen LogP contribution is -2.23. The molecule has 0 bridgehead atoms. The summed E-state index contributed by atoms with van der Waals surface area (Å²) in [5.74, 6) is 1.72. The molecule has 0 spiro atoms. The Kier molecular flexibility index (Phi) is 5.89. The number of methoxy groups -OCH3 is 1. The molecule has 8 nitrogen and oxygen atoms in total. The minimum atomic E-state index is 0.118. The predicted molar refractivity (Wildman–Crippen MR) is 102 cm³/mol. The number of ether oxygens (including phenoxy) is 2. The fourth-order valence-electron chi connectivity index (χ4n) is 3.31. The van der Waals surface area contributed by atoms with Gasteiger partial charge in [0.05, 0.1) is 18.3 Å². The van der Waals surface area contributed by atoms with Crippen molar-refractivity contribution >= 4 is 0 Å². The van der Waals surface area contributed by atoms with Crippen molar-refractivity contribution in [3.8, 4) is 17.3 Å². The molecule has 28 heavy (non-hydrogen) atoms. The Hall–Kier alpha value is -2.84. The zero-order valence-corrected chi connectivity index (χ0v) is 15.8. The van der Waals surface area contributed by atoms with Gasteiger partial charge in [-0.05, 0) is 37.6 Å². The van der Waals surface area contributed by atoms with Crippen molar-refractivity contribution in [1.82, 2.24) is 25.0 Å². The molecule has 146 valence electrons. The van der Waals surface area contributed by atoms with Crippen LogP contribution < -0.4 is 4.74 Å². The van der Waals surface area contributed by atoms with E-state index in [4.69, 9.17) is 14.0 Å². The van der Waals surface area contributed by atoms with Crippen molar-refractivity contribution < 1.29 is 14.0 Å². The van der Waals surface area contributed by atoms with Crippen LogP contribution in [0.4, 0.5) is 0 Å². The lowest BCUT2D eigenvalue weighted by Gasteiger charge is -2.20. The van der Waals surface area contributed by atoms with Crippen LogP contribution in [0.1, 0.15) is 30.5 Å². The Morgan fingerprint density at radius 1 is 1.18 bits per heavy atom. The van der Waals surface area contributed by atoms with Crippen LogP contribution in [0.2, 0.25) is 0 Å². The van der Waals surface area contributed by atoms with Crippen molar-refractivity contribution in [3.63, 3.8) is 0 Å². The van der Waals surface area contributed by atoms with Crippen LogP contribution in [-0.4, -0.2) is 51.9 Å². The molecule has 0 N–H and O–H groups in total. The van der Waals surface area contributed by atoms with E-state index in [-0.39, 0.29) is 6.04 Å². The molecule has 0 unspecified atom stereocenters. The molecule has 3 aromatic heterocycles. The first-order chi connectivity index (χ1) is 13.8. The van der Waals surface area contributed by atoms with Gasteiger partial charge in [0, 0.05) is 37.7 Å². The average Bonchev–Trinajstić information content (AvgIpc) is 3.39. The fraction of sp³-hybridized carbons (Fsp3) is 0.400. The lowest BCUT2D eigenvalue weighted by atomic mass is 10.2. The lowest BCUT2D eigenvalue weighted by molar-refractivity contribution is 0.144. The van der Waals surface area contributed by atoms with E-state index in [0.29, 0.717) is 30.8 Å². The molecule has 1 atom stereocenters. The van der Waals surface area contributed by atoms with E-state index >= 15 is 0 Å². The maximum atomic E-state index is 5.58. The number of hydrogen-bond donors (Lipinski definition) is 0. The Bertz CT molecular complexity index is 869. The minimum Gasteiger partial charge on any atom is -0.475 e. The molecule has 1 aliphatic heterocycles. The largest absolute Gasteiger partial charge is 0.475 e. The van der Waals surface area contributed by atoms with Crippen LogP contribution in [0, 0.1) is 0 Å². The normalized spacial score (nSPS) is 17.1. The van der Waals surface area contributed by atoms with Crippen LogP contribution in [-0.2, 0) is 11.3 Å². The van der Waals surface area contributed by atoms with Gasteiger partial charge in [-0.15, -0.1) is 0 Å². The molecule has 8 heteroatoms. The maximum absolute atomic E-state index is 5.58. The molecule has 1 aliphatic rings. The number of pyridine rings is 2. The maximum Gasteiger partial charge on any atom is 0.244 e. The van der Waals surface area contributed by atoms with Gasteiger partial charge >= 0.3 is 0 Å². The summed E-state index contributed by atoms with van der Waals surface area (Å²) in [6.45, 7) is 2.75. The summed E-state index contributed by atoms with van der Waals surface area (Å²) in [7, 11) is 1.63. The van der Waals surface area contributed by atoms with Gasteiger partial charge in [0.15, 0.2) is 0 Å². The highest BCUT2D eigenvalue weighted by molar-refractivity contribution is 5.53. The monoisotopic (exact) mass is 381 g/mol. The summed E-state index contributed by atoms with van der Waals surface area (Å²) < 4.78 is 16.0. The van der Waals surface area contributed by atoms with Gasteiger partial charge in [0.1, 0.15) is 6.61 Å². The zero-order valence-electron chi connectivity index (χ0n) is 15.8. The summed E-state index contributed by atoms with van der Waals surface area (Å²) in [6, 6.07) is 9.77. The third-order valence-corrected chi connectivity index (χ3v) is 4.71. The predicted octanol–water partition coefficient (Wildman–Crippen LogP) is 2.89. The third-order valence-electron chi connectivity index (χ3n) is 4.71. The van der Waals surface area contributed by atoms with E-state index in [0.717, 1.165) is 37.2 Å². The highest BCUT2D eigenvalue weighted by atomic mass is 16.5. The first-order valence-electron chi connectivity index (χ1n) is 9.39. The second-order valence-electron chi connectivity index (χ2n) is 6.63. The summed E-state index contributed by atoms with van der Waals surface area (Å²) in [5, 5.41) is 4.15. The molecule has 3 aromatic rings. The van der Waals surface area contributed by atoms with Crippen molar-refractivity contribution in [2.24, 2.45) is 0 Å². The van der Waals surface area contributed by atoms with Crippen molar-refractivity contribution in [2.45, 2.75) is 25.4 Å². The number of rotatable bonds is 8. The Balaban J connectivity index is 1.43. The van der Waals surface area contributed by atoms with E-state index in [2.05, 4.69) is 25.0 Å². The van der Waals surface area contributed by atoms with Crippen LogP contribution in [0.5, 0.6) is 5.88 Å². The molecular weight excluding hydrogens is 358 g/mol. The second kappa shape index (κ2) is 8.90. The smallest absolute Gasteiger partial charge is 0.244 e. The number of aromatic nitrogens is 4. The Labute approximate surface area is 163 Å². The number of hydrogen-bond acceptors (Lipinski definition) is 8. The zero-order chi connectivity index (χ0) is 19.2. The summed E-state index contributed by atoms with van der Waals surface area (Å²) in [5.41, 5.74) is 1.84. The first kappa shape index (κ1) is 18.5. The average molecular weight is 381 g/mol. The second-order valence-corrected chi connectivity index (χ2v) is 6.63. The highest BCUT2D eigenvalue weighted by Crippen LogP contribution is 2.33. The van der Waals surface area contributed by atoms with Gasteiger partial charge in [0.2, 0.25) is 17.6 Å². The van der Waals surface area contributed by atoms with Crippen LogP contribution in [0.25, 0.3) is 11.4 Å². The minimum absolute atomic E-state index is 0.118. The molecule has 0 amide bonds. The van der Waals surface area contributed by atoms with Crippen molar-refractivity contribution in [3.05, 3.63) is 54.3 Å². The third kappa shape index (κ3) is 4.35. The van der Waals surface area contributed by atoms with Crippen LogP contribution in [0.3, 0.4) is 0 Å². The van der Waals surface area contributed by atoms with E-state index in [1.165, 1.54) is 0 Å². The quantitative estimate of drug-likeness (QED) is 0.551. The molecule has 0 saturated carbocycles. The van der Waals surface area contributed by atoms with Gasteiger partial charge in [-0.1, -0.05) is 11.2 Å².